The Morgan fingerprint density at radius 3 is 3.05 bits per heavy atom. The second kappa shape index (κ2) is 5.66. The number of amides is 1. The Kier molecular flexibility index (Phi) is 3.96. The van der Waals surface area contributed by atoms with E-state index in [4.69, 9.17) is 5.11 Å². The quantitative estimate of drug-likeness (QED) is 0.634. The van der Waals surface area contributed by atoms with Gasteiger partial charge in [-0.05, 0) is 12.0 Å². The van der Waals surface area contributed by atoms with Crippen molar-refractivity contribution in [2.45, 2.75) is 19.0 Å². The van der Waals surface area contributed by atoms with Crippen LogP contribution in [0.5, 0.6) is 0 Å². The van der Waals surface area contributed by atoms with E-state index in [0.29, 0.717) is 13.1 Å². The van der Waals surface area contributed by atoms with E-state index < -0.39 is 11.0 Å². The smallest absolute Gasteiger partial charge is 0.404 e. The third-order valence-corrected chi connectivity index (χ3v) is 3.13. The Bertz CT molecular complexity index is 492. The van der Waals surface area contributed by atoms with E-state index in [2.05, 4.69) is 10.2 Å². The van der Waals surface area contributed by atoms with Gasteiger partial charge in [0.25, 0.3) is 5.69 Å². The molecule has 1 aliphatic heterocycles. The fourth-order valence-corrected chi connectivity index (χ4v) is 2.30. The first kappa shape index (κ1) is 13.3. The minimum Gasteiger partial charge on any atom is -0.465 e. The second-order valence-electron chi connectivity index (χ2n) is 4.60. The van der Waals surface area contributed by atoms with Gasteiger partial charge in [0.2, 0.25) is 0 Å². The minimum absolute atomic E-state index is 0.0591. The summed E-state index contributed by atoms with van der Waals surface area (Å²) in [7, 11) is 0. The number of nitro groups is 1. The lowest BCUT2D eigenvalue weighted by molar-refractivity contribution is -0.384. The molecule has 0 radical (unpaired) electrons. The number of rotatable bonds is 4. The highest BCUT2D eigenvalue weighted by atomic mass is 16.6. The molecule has 1 saturated heterocycles. The van der Waals surface area contributed by atoms with Gasteiger partial charge in [0.05, 0.1) is 4.92 Å². The molecule has 1 fully saturated rings. The molecular formula is C12H15N3O4. The standard InChI is InChI=1S/C12H15N3O4/c16-12(17)13-10-4-5-14(8-10)7-9-2-1-3-11(6-9)15(18)19/h1-3,6,10,13H,4-5,7-8H2,(H,16,17)/t10-/m1/s1. The van der Waals surface area contributed by atoms with Crippen LogP contribution in [-0.4, -0.2) is 40.2 Å². The van der Waals surface area contributed by atoms with Crippen molar-refractivity contribution in [1.29, 1.82) is 0 Å². The number of hydrogen-bond donors (Lipinski definition) is 2. The van der Waals surface area contributed by atoms with Crippen LogP contribution < -0.4 is 5.32 Å². The Morgan fingerprint density at radius 1 is 1.58 bits per heavy atom. The van der Waals surface area contributed by atoms with E-state index in [1.165, 1.54) is 6.07 Å². The number of nitrogens with zero attached hydrogens (tertiary/aromatic N) is 2. The molecule has 1 amide bonds. The van der Waals surface area contributed by atoms with Crippen LogP contribution in [0.1, 0.15) is 12.0 Å². The molecule has 2 N–H and O–H groups in total. The summed E-state index contributed by atoms with van der Waals surface area (Å²) in [6.45, 7) is 2.02. The Hall–Kier alpha value is -2.15. The van der Waals surface area contributed by atoms with Gasteiger partial charge in [-0.15, -0.1) is 0 Å². The third kappa shape index (κ3) is 3.65. The van der Waals surface area contributed by atoms with Crippen LogP contribution in [0, 0.1) is 10.1 Å². The van der Waals surface area contributed by atoms with Crippen LogP contribution in [0.25, 0.3) is 0 Å². The normalized spacial score (nSPS) is 19.3. The maximum Gasteiger partial charge on any atom is 0.404 e. The number of non-ortho nitro benzene ring substituents is 1. The second-order valence-corrected chi connectivity index (χ2v) is 4.60. The Balaban J connectivity index is 1.93. The average Bonchev–Trinajstić information content (AvgIpc) is 2.76. The number of hydrogen-bond acceptors (Lipinski definition) is 4. The lowest BCUT2D eigenvalue weighted by Gasteiger charge is -2.15. The molecule has 0 spiro atoms. The fraction of sp³-hybridized carbons (Fsp3) is 0.417. The number of benzene rings is 1. The van der Waals surface area contributed by atoms with Crippen molar-refractivity contribution in [3.63, 3.8) is 0 Å². The molecule has 0 bridgehead atoms. The molecule has 2 rings (SSSR count). The zero-order chi connectivity index (χ0) is 13.8. The highest BCUT2D eigenvalue weighted by Crippen LogP contribution is 2.17. The molecule has 1 atom stereocenters. The first-order valence-electron chi connectivity index (χ1n) is 6.00. The van der Waals surface area contributed by atoms with Gasteiger partial charge in [0.15, 0.2) is 0 Å². The van der Waals surface area contributed by atoms with Gasteiger partial charge < -0.3 is 10.4 Å². The maximum atomic E-state index is 10.7. The number of likely N-dealkylation sites (tertiary alicyclic amines) is 1. The molecule has 0 unspecified atom stereocenters. The van der Waals surface area contributed by atoms with Gasteiger partial charge in [-0.25, -0.2) is 4.79 Å². The molecule has 7 nitrogen and oxygen atoms in total. The zero-order valence-electron chi connectivity index (χ0n) is 10.3. The van der Waals surface area contributed by atoms with Gasteiger partial charge >= 0.3 is 6.09 Å². The minimum atomic E-state index is -1.01. The predicted molar refractivity (Wildman–Crippen MR) is 67.9 cm³/mol. The van der Waals surface area contributed by atoms with Crippen molar-refractivity contribution in [2.75, 3.05) is 13.1 Å². The summed E-state index contributed by atoms with van der Waals surface area (Å²) in [6, 6.07) is 6.46. The molecule has 1 aromatic carbocycles. The van der Waals surface area contributed by atoms with E-state index in [1.54, 1.807) is 12.1 Å². The van der Waals surface area contributed by atoms with Gasteiger partial charge in [-0.2, -0.15) is 0 Å². The summed E-state index contributed by atoms with van der Waals surface area (Å²) in [5.41, 5.74) is 0.946. The summed E-state index contributed by atoms with van der Waals surface area (Å²) in [5, 5.41) is 21.8. The average molecular weight is 265 g/mol. The molecule has 0 saturated carbocycles. The molecule has 1 heterocycles. The van der Waals surface area contributed by atoms with Crippen LogP contribution >= 0.6 is 0 Å². The van der Waals surface area contributed by atoms with Crippen molar-refractivity contribution in [1.82, 2.24) is 10.2 Å². The highest BCUT2D eigenvalue weighted by Gasteiger charge is 2.23. The number of carboxylic acid groups (broad SMARTS) is 1. The SMILES string of the molecule is O=C(O)N[C@@H]1CCN(Cc2cccc([N+](=O)[O-])c2)C1. The van der Waals surface area contributed by atoms with Crippen LogP contribution in [0.15, 0.2) is 24.3 Å². The summed E-state index contributed by atoms with van der Waals surface area (Å²) in [4.78, 5) is 22.9. The number of nitro benzene ring substituents is 1. The van der Waals surface area contributed by atoms with E-state index in [1.807, 2.05) is 6.07 Å². The lowest BCUT2D eigenvalue weighted by Crippen LogP contribution is -2.35. The molecule has 1 aliphatic rings. The van der Waals surface area contributed by atoms with Crippen molar-refractivity contribution in [2.24, 2.45) is 0 Å². The molecular weight excluding hydrogens is 250 g/mol. The number of carbonyl (C=O) groups is 1. The number of nitrogens with one attached hydrogen (secondary N) is 1. The van der Waals surface area contributed by atoms with Gasteiger partial charge in [0.1, 0.15) is 0 Å². The summed E-state index contributed by atoms with van der Waals surface area (Å²) < 4.78 is 0. The van der Waals surface area contributed by atoms with E-state index in [9.17, 15) is 14.9 Å². The van der Waals surface area contributed by atoms with Crippen molar-refractivity contribution in [3.8, 4) is 0 Å². The lowest BCUT2D eigenvalue weighted by atomic mass is 10.2. The largest absolute Gasteiger partial charge is 0.465 e. The topological polar surface area (TPSA) is 95.7 Å². The van der Waals surface area contributed by atoms with Gasteiger partial charge in [-0.3, -0.25) is 15.0 Å². The van der Waals surface area contributed by atoms with Gasteiger partial charge in [0, 0.05) is 37.8 Å². The van der Waals surface area contributed by atoms with Crippen LogP contribution in [0.2, 0.25) is 0 Å². The van der Waals surface area contributed by atoms with E-state index in [0.717, 1.165) is 18.5 Å². The highest BCUT2D eigenvalue weighted by molar-refractivity contribution is 5.64. The van der Waals surface area contributed by atoms with Crippen molar-refractivity contribution >= 4 is 11.8 Å². The molecule has 7 heteroatoms. The summed E-state index contributed by atoms with van der Waals surface area (Å²) in [6.07, 6.45) is -0.247. The molecule has 0 aliphatic carbocycles. The Morgan fingerprint density at radius 2 is 2.37 bits per heavy atom. The van der Waals surface area contributed by atoms with E-state index in [-0.39, 0.29) is 11.7 Å². The maximum absolute atomic E-state index is 10.7. The Labute approximate surface area is 110 Å². The van der Waals surface area contributed by atoms with Crippen LogP contribution in [-0.2, 0) is 6.54 Å². The summed E-state index contributed by atoms with van der Waals surface area (Å²) >= 11 is 0. The first-order valence-corrected chi connectivity index (χ1v) is 6.00. The van der Waals surface area contributed by atoms with E-state index >= 15 is 0 Å². The monoisotopic (exact) mass is 265 g/mol. The molecule has 19 heavy (non-hydrogen) atoms. The van der Waals surface area contributed by atoms with Crippen molar-refractivity contribution < 1.29 is 14.8 Å². The molecule has 1 aromatic rings. The van der Waals surface area contributed by atoms with Crippen LogP contribution in [0.4, 0.5) is 10.5 Å². The fourth-order valence-electron chi connectivity index (χ4n) is 2.30. The van der Waals surface area contributed by atoms with Gasteiger partial charge in [-0.1, -0.05) is 12.1 Å². The third-order valence-electron chi connectivity index (χ3n) is 3.13. The predicted octanol–water partition coefficient (Wildman–Crippen LogP) is 1.44. The molecule has 0 aromatic heterocycles. The van der Waals surface area contributed by atoms with Crippen LogP contribution in [0.3, 0.4) is 0 Å². The zero-order valence-corrected chi connectivity index (χ0v) is 10.3. The van der Waals surface area contributed by atoms with Crippen molar-refractivity contribution in [3.05, 3.63) is 39.9 Å². The first-order chi connectivity index (χ1) is 9.04. The molecule has 102 valence electrons. The summed E-state index contributed by atoms with van der Waals surface area (Å²) in [5.74, 6) is 0.